The normalized spacial score (nSPS) is 18.1. The second-order valence-corrected chi connectivity index (χ2v) is 5.89. The van der Waals surface area contributed by atoms with Gasteiger partial charge in [-0.1, -0.05) is 0 Å². The predicted molar refractivity (Wildman–Crippen MR) is 81.8 cm³/mol. The molecule has 23 heavy (non-hydrogen) atoms. The standard InChI is InChI=1S/C13H15BN4O5/c1-14(21)16-4-7(5-16)6-17-12(19)8-2-10(15)11(18(22)23)3-9(8)13(17)20/h2-3,7,21H,4-6,15H2,1H3. The van der Waals surface area contributed by atoms with E-state index in [0.29, 0.717) is 13.1 Å². The Labute approximate surface area is 131 Å². The lowest BCUT2D eigenvalue weighted by atomic mass is 9.78. The highest BCUT2D eigenvalue weighted by Crippen LogP contribution is 2.32. The van der Waals surface area contributed by atoms with Crippen LogP contribution in [0.15, 0.2) is 12.1 Å². The van der Waals surface area contributed by atoms with Crippen LogP contribution in [0.4, 0.5) is 11.4 Å². The van der Waals surface area contributed by atoms with Gasteiger partial charge in [-0.2, -0.15) is 0 Å². The highest BCUT2D eigenvalue weighted by molar-refractivity contribution is 6.45. The van der Waals surface area contributed by atoms with Gasteiger partial charge in [0.15, 0.2) is 0 Å². The van der Waals surface area contributed by atoms with Crippen molar-refractivity contribution in [2.75, 3.05) is 25.4 Å². The molecule has 0 atom stereocenters. The molecular weight excluding hydrogens is 303 g/mol. The van der Waals surface area contributed by atoms with E-state index in [0.717, 1.165) is 11.0 Å². The van der Waals surface area contributed by atoms with Crippen molar-refractivity contribution in [2.45, 2.75) is 6.82 Å². The molecule has 0 aliphatic carbocycles. The third kappa shape index (κ3) is 2.45. The highest BCUT2D eigenvalue weighted by Gasteiger charge is 2.41. The van der Waals surface area contributed by atoms with Gasteiger partial charge in [-0.05, 0) is 26.0 Å². The Balaban J connectivity index is 1.80. The summed E-state index contributed by atoms with van der Waals surface area (Å²) < 4.78 is 0. The molecule has 10 heteroatoms. The Hall–Kier alpha value is -2.46. The average Bonchev–Trinajstić information content (AvgIpc) is 2.64. The van der Waals surface area contributed by atoms with Gasteiger partial charge >= 0.3 is 7.05 Å². The van der Waals surface area contributed by atoms with Crippen LogP contribution in [0.25, 0.3) is 0 Å². The fourth-order valence-corrected chi connectivity index (χ4v) is 2.95. The summed E-state index contributed by atoms with van der Waals surface area (Å²) in [7, 11) is -0.559. The zero-order chi connectivity index (χ0) is 16.9. The Morgan fingerprint density at radius 2 is 1.91 bits per heavy atom. The average molecular weight is 318 g/mol. The lowest BCUT2D eigenvalue weighted by Crippen LogP contribution is -2.57. The summed E-state index contributed by atoms with van der Waals surface area (Å²) in [6.07, 6.45) is 0. The maximum atomic E-state index is 12.4. The molecule has 0 radical (unpaired) electrons. The molecule has 1 fully saturated rings. The number of amides is 2. The molecule has 2 aliphatic rings. The molecule has 1 aromatic carbocycles. The lowest BCUT2D eigenvalue weighted by Gasteiger charge is -2.41. The number of rotatable bonds is 4. The molecule has 3 rings (SSSR count). The van der Waals surface area contributed by atoms with Gasteiger partial charge in [-0.3, -0.25) is 24.6 Å². The van der Waals surface area contributed by atoms with E-state index in [1.54, 1.807) is 6.82 Å². The number of imide groups is 1. The van der Waals surface area contributed by atoms with Crippen molar-refractivity contribution in [1.82, 2.24) is 9.71 Å². The first-order valence-electron chi connectivity index (χ1n) is 7.15. The van der Waals surface area contributed by atoms with Crippen LogP contribution in [0.2, 0.25) is 6.82 Å². The molecule has 2 amide bonds. The Bertz CT molecular complexity index is 717. The quantitative estimate of drug-likeness (QED) is 0.259. The van der Waals surface area contributed by atoms with E-state index in [4.69, 9.17) is 5.73 Å². The van der Waals surface area contributed by atoms with Crippen LogP contribution in [0, 0.1) is 16.0 Å². The minimum absolute atomic E-state index is 0.0163. The van der Waals surface area contributed by atoms with Gasteiger partial charge in [0.1, 0.15) is 5.69 Å². The van der Waals surface area contributed by atoms with Gasteiger partial charge in [-0.25, -0.2) is 0 Å². The molecule has 0 aromatic heterocycles. The predicted octanol–water partition coefficient (Wildman–Crippen LogP) is -0.185. The van der Waals surface area contributed by atoms with Crippen LogP contribution in [0.5, 0.6) is 0 Å². The topological polar surface area (TPSA) is 130 Å². The summed E-state index contributed by atoms with van der Waals surface area (Å²) in [5.41, 5.74) is 5.18. The zero-order valence-electron chi connectivity index (χ0n) is 12.4. The fourth-order valence-electron chi connectivity index (χ4n) is 2.95. The number of benzene rings is 1. The monoisotopic (exact) mass is 318 g/mol. The van der Waals surface area contributed by atoms with Crippen LogP contribution >= 0.6 is 0 Å². The third-order valence-electron chi connectivity index (χ3n) is 4.27. The van der Waals surface area contributed by atoms with Gasteiger partial charge in [0.05, 0.1) is 16.1 Å². The first kappa shape index (κ1) is 15.4. The number of fused-ring (bicyclic) bond motifs is 1. The van der Waals surface area contributed by atoms with Crippen LogP contribution in [0.3, 0.4) is 0 Å². The Morgan fingerprint density at radius 1 is 1.35 bits per heavy atom. The summed E-state index contributed by atoms with van der Waals surface area (Å²) in [5.74, 6) is -0.940. The number of nitrogens with zero attached hydrogens (tertiary/aromatic N) is 3. The van der Waals surface area contributed by atoms with E-state index in [2.05, 4.69) is 0 Å². The van der Waals surface area contributed by atoms with Gasteiger partial charge in [-0.15, -0.1) is 0 Å². The lowest BCUT2D eigenvalue weighted by molar-refractivity contribution is -0.383. The summed E-state index contributed by atoms with van der Waals surface area (Å²) >= 11 is 0. The molecule has 1 aromatic rings. The number of nitrogen functional groups attached to an aromatic ring is 1. The van der Waals surface area contributed by atoms with Gasteiger partial charge in [0.25, 0.3) is 17.5 Å². The number of hydrogen-bond donors (Lipinski definition) is 2. The van der Waals surface area contributed by atoms with Crippen molar-refractivity contribution in [2.24, 2.45) is 5.92 Å². The third-order valence-corrected chi connectivity index (χ3v) is 4.27. The summed E-state index contributed by atoms with van der Waals surface area (Å²) in [4.78, 5) is 37.9. The number of nitro groups is 1. The molecule has 0 bridgehead atoms. The van der Waals surface area contributed by atoms with E-state index < -0.39 is 23.8 Å². The molecule has 2 aliphatic heterocycles. The number of hydrogen-bond acceptors (Lipinski definition) is 7. The molecule has 1 saturated heterocycles. The van der Waals surface area contributed by atoms with Crippen molar-refractivity contribution in [3.63, 3.8) is 0 Å². The first-order chi connectivity index (χ1) is 10.8. The summed E-state index contributed by atoms with van der Waals surface area (Å²) in [6, 6.07) is 2.25. The largest absolute Gasteiger partial charge is 0.437 e. The van der Waals surface area contributed by atoms with E-state index in [9.17, 15) is 24.7 Å². The number of nitrogens with two attached hydrogens (primary N) is 1. The smallest absolute Gasteiger partial charge is 0.376 e. The number of carbonyl (C=O) groups is 2. The molecule has 120 valence electrons. The minimum Gasteiger partial charge on any atom is -0.437 e. The number of anilines is 1. The van der Waals surface area contributed by atoms with Gasteiger partial charge in [0, 0.05) is 18.5 Å². The van der Waals surface area contributed by atoms with Crippen molar-refractivity contribution in [3.8, 4) is 0 Å². The number of carbonyl (C=O) groups excluding carboxylic acids is 2. The van der Waals surface area contributed by atoms with E-state index >= 15 is 0 Å². The Kier molecular flexibility index (Phi) is 3.57. The molecule has 0 unspecified atom stereocenters. The summed E-state index contributed by atoms with van der Waals surface area (Å²) in [5, 5.41) is 20.3. The Morgan fingerprint density at radius 3 is 2.43 bits per heavy atom. The highest BCUT2D eigenvalue weighted by atomic mass is 16.6. The van der Waals surface area contributed by atoms with Crippen LogP contribution in [-0.4, -0.2) is 58.2 Å². The van der Waals surface area contributed by atoms with Crippen LogP contribution < -0.4 is 5.73 Å². The van der Waals surface area contributed by atoms with E-state index in [1.165, 1.54) is 6.07 Å². The molecular formula is C13H15BN4O5. The zero-order valence-corrected chi connectivity index (χ0v) is 12.4. The maximum absolute atomic E-state index is 12.4. The second-order valence-electron chi connectivity index (χ2n) is 5.89. The molecule has 0 spiro atoms. The number of nitro benzene ring substituents is 1. The fraction of sp³-hybridized carbons (Fsp3) is 0.385. The molecule has 3 N–H and O–H groups in total. The van der Waals surface area contributed by atoms with Crippen LogP contribution in [0.1, 0.15) is 20.7 Å². The van der Waals surface area contributed by atoms with Crippen molar-refractivity contribution in [1.29, 1.82) is 0 Å². The van der Waals surface area contributed by atoms with Crippen LogP contribution in [-0.2, 0) is 0 Å². The SMILES string of the molecule is CB(O)N1CC(CN2C(=O)c3cc(N)c([N+](=O)[O-])cc3C2=O)C1. The van der Waals surface area contributed by atoms with Crippen molar-refractivity contribution < 1.29 is 19.5 Å². The first-order valence-corrected chi connectivity index (χ1v) is 7.15. The maximum Gasteiger partial charge on any atom is 0.376 e. The molecule has 0 saturated carbocycles. The van der Waals surface area contributed by atoms with Crippen molar-refractivity contribution >= 4 is 30.2 Å². The molecule has 2 heterocycles. The summed E-state index contributed by atoms with van der Waals surface area (Å²) in [6.45, 7) is 3.06. The van der Waals surface area contributed by atoms with E-state index in [1.807, 2.05) is 4.81 Å². The second kappa shape index (κ2) is 5.32. The van der Waals surface area contributed by atoms with E-state index in [-0.39, 0.29) is 35.0 Å². The van der Waals surface area contributed by atoms with Gasteiger partial charge < -0.3 is 15.6 Å². The minimum atomic E-state index is -0.678. The van der Waals surface area contributed by atoms with Crippen molar-refractivity contribution in [3.05, 3.63) is 33.4 Å². The van der Waals surface area contributed by atoms with Gasteiger partial charge in [0.2, 0.25) is 0 Å². The molecule has 9 nitrogen and oxygen atoms in total.